The van der Waals surface area contributed by atoms with Crippen LogP contribution in [0.3, 0.4) is 0 Å². The largest absolute Gasteiger partial charge is 0.506 e. The van der Waals surface area contributed by atoms with Crippen molar-refractivity contribution in [2.45, 2.75) is 63.2 Å². The van der Waals surface area contributed by atoms with Gasteiger partial charge in [-0.2, -0.15) is 0 Å². The highest BCUT2D eigenvalue weighted by molar-refractivity contribution is 9.10. The second-order valence-corrected chi connectivity index (χ2v) is 7.27. The molecule has 1 saturated carbocycles. The number of halogens is 1. The maximum atomic E-state index is 10.7. The van der Waals surface area contributed by atoms with Crippen LogP contribution in [0, 0.1) is 0 Å². The van der Waals surface area contributed by atoms with Crippen LogP contribution in [0.1, 0.15) is 61.6 Å². The highest BCUT2D eigenvalue weighted by Crippen LogP contribution is 2.47. The summed E-state index contributed by atoms with van der Waals surface area (Å²) in [5.41, 5.74) is 9.99. The minimum absolute atomic E-state index is 0.00265. The molecule has 1 aromatic rings. The highest BCUT2D eigenvalue weighted by atomic mass is 79.9. The van der Waals surface area contributed by atoms with Crippen LogP contribution in [0.2, 0.25) is 0 Å². The van der Waals surface area contributed by atoms with Crippen molar-refractivity contribution in [1.29, 1.82) is 0 Å². The van der Waals surface area contributed by atoms with Crippen molar-refractivity contribution in [3.63, 3.8) is 0 Å². The van der Waals surface area contributed by atoms with Crippen molar-refractivity contribution in [1.82, 2.24) is 0 Å². The first-order valence-corrected chi connectivity index (χ1v) is 8.71. The lowest BCUT2D eigenvalue weighted by Crippen LogP contribution is -2.37. The third-order valence-electron chi connectivity index (χ3n) is 5.33. The summed E-state index contributed by atoms with van der Waals surface area (Å²) in [7, 11) is 0. The molecule has 2 aliphatic rings. The van der Waals surface area contributed by atoms with Gasteiger partial charge in [0.05, 0.1) is 4.47 Å². The summed E-state index contributed by atoms with van der Waals surface area (Å²) in [6, 6.07) is 2.27. The minimum atomic E-state index is -0.00265. The number of aromatic hydroxyl groups is 1. The van der Waals surface area contributed by atoms with E-state index in [0.29, 0.717) is 12.3 Å². The summed E-state index contributed by atoms with van der Waals surface area (Å²) in [6.07, 6.45) is 10.7. The third-order valence-corrected chi connectivity index (χ3v) is 6.18. The van der Waals surface area contributed by atoms with E-state index in [0.717, 1.165) is 35.7 Å². The Hall–Kier alpha value is -0.540. The van der Waals surface area contributed by atoms with Crippen LogP contribution < -0.4 is 5.73 Å². The highest BCUT2D eigenvalue weighted by Gasteiger charge is 2.36. The van der Waals surface area contributed by atoms with E-state index in [9.17, 15) is 5.11 Å². The lowest BCUT2D eigenvalue weighted by Gasteiger charge is -2.38. The van der Waals surface area contributed by atoms with E-state index in [2.05, 4.69) is 22.0 Å². The molecule has 3 N–H and O–H groups in total. The molecule has 0 atom stereocenters. The second kappa shape index (κ2) is 5.69. The van der Waals surface area contributed by atoms with Crippen LogP contribution >= 0.6 is 15.9 Å². The number of phenols is 1. The fourth-order valence-corrected chi connectivity index (χ4v) is 4.73. The zero-order valence-corrected chi connectivity index (χ0v) is 13.6. The maximum absolute atomic E-state index is 10.7. The predicted octanol–water partition coefficient (Wildman–Crippen LogP) is 4.19. The SMILES string of the molecule is NCC1(c2cc3c(c(Br)c2O)CCCC3)CCCCC1. The number of fused-ring (bicyclic) bond motifs is 1. The quantitative estimate of drug-likeness (QED) is 0.849. The summed E-state index contributed by atoms with van der Waals surface area (Å²) in [6.45, 7) is 0.645. The van der Waals surface area contributed by atoms with Gasteiger partial charge in [-0.15, -0.1) is 0 Å². The zero-order chi connectivity index (χ0) is 14.2. The van der Waals surface area contributed by atoms with Crippen LogP contribution in [0.5, 0.6) is 5.75 Å². The molecule has 2 aliphatic carbocycles. The number of rotatable bonds is 2. The monoisotopic (exact) mass is 337 g/mol. The molecular weight excluding hydrogens is 314 g/mol. The van der Waals surface area contributed by atoms with Crippen LogP contribution in [0.4, 0.5) is 0 Å². The smallest absolute Gasteiger partial charge is 0.133 e. The van der Waals surface area contributed by atoms with Crippen molar-refractivity contribution >= 4 is 15.9 Å². The Labute approximate surface area is 129 Å². The van der Waals surface area contributed by atoms with Crippen LogP contribution in [0.25, 0.3) is 0 Å². The van der Waals surface area contributed by atoms with Gasteiger partial charge in [0.25, 0.3) is 0 Å². The lowest BCUT2D eigenvalue weighted by atomic mass is 9.68. The predicted molar refractivity (Wildman–Crippen MR) is 86.3 cm³/mol. The number of benzene rings is 1. The first-order chi connectivity index (χ1) is 9.68. The van der Waals surface area contributed by atoms with Crippen LogP contribution in [-0.2, 0) is 18.3 Å². The standard InChI is InChI=1S/C17H24BrNO/c18-15-13-7-3-2-6-12(13)10-14(16(15)20)17(11-19)8-4-1-5-9-17/h10,20H,1-9,11,19H2. The molecule has 0 aliphatic heterocycles. The van der Waals surface area contributed by atoms with Gasteiger partial charge in [0.1, 0.15) is 5.75 Å². The van der Waals surface area contributed by atoms with E-state index in [-0.39, 0.29) is 5.41 Å². The molecule has 110 valence electrons. The molecule has 3 heteroatoms. The van der Waals surface area contributed by atoms with Crippen molar-refractivity contribution in [3.8, 4) is 5.75 Å². The molecule has 1 fully saturated rings. The van der Waals surface area contributed by atoms with E-state index in [1.165, 1.54) is 43.2 Å². The van der Waals surface area contributed by atoms with Gasteiger partial charge in [-0.3, -0.25) is 0 Å². The summed E-state index contributed by atoms with van der Waals surface area (Å²) in [4.78, 5) is 0. The second-order valence-electron chi connectivity index (χ2n) is 6.48. The van der Waals surface area contributed by atoms with Crippen molar-refractivity contribution in [2.24, 2.45) is 5.73 Å². The fourth-order valence-electron chi connectivity index (χ4n) is 4.06. The molecular formula is C17H24BrNO. The first-order valence-electron chi connectivity index (χ1n) is 7.92. The Morgan fingerprint density at radius 2 is 1.80 bits per heavy atom. The van der Waals surface area contributed by atoms with E-state index >= 15 is 0 Å². The third kappa shape index (κ3) is 2.29. The first kappa shape index (κ1) is 14.4. The summed E-state index contributed by atoms with van der Waals surface area (Å²) >= 11 is 3.65. The molecule has 2 nitrogen and oxygen atoms in total. The summed E-state index contributed by atoms with van der Waals surface area (Å²) < 4.78 is 0.933. The van der Waals surface area contributed by atoms with Gasteiger partial charge < -0.3 is 10.8 Å². The number of phenolic OH excluding ortho intramolecular Hbond substituents is 1. The topological polar surface area (TPSA) is 46.2 Å². The van der Waals surface area contributed by atoms with Gasteiger partial charge >= 0.3 is 0 Å². The summed E-state index contributed by atoms with van der Waals surface area (Å²) in [5, 5.41) is 10.7. The van der Waals surface area contributed by atoms with Crippen LogP contribution in [0.15, 0.2) is 10.5 Å². The Balaban J connectivity index is 2.10. The lowest BCUT2D eigenvalue weighted by molar-refractivity contribution is 0.290. The Morgan fingerprint density at radius 1 is 1.10 bits per heavy atom. The molecule has 0 spiro atoms. The number of aryl methyl sites for hydroxylation is 1. The molecule has 1 aromatic carbocycles. The van der Waals surface area contributed by atoms with E-state index in [1.807, 2.05) is 0 Å². The minimum Gasteiger partial charge on any atom is -0.506 e. The number of nitrogens with two attached hydrogens (primary N) is 1. The molecule has 0 bridgehead atoms. The molecule has 0 unspecified atom stereocenters. The van der Waals surface area contributed by atoms with E-state index in [4.69, 9.17) is 5.73 Å². The molecule has 0 radical (unpaired) electrons. The number of hydrogen-bond acceptors (Lipinski definition) is 2. The average molecular weight is 338 g/mol. The molecule has 0 saturated heterocycles. The van der Waals surface area contributed by atoms with Crippen molar-refractivity contribution < 1.29 is 5.11 Å². The van der Waals surface area contributed by atoms with Gasteiger partial charge in [-0.25, -0.2) is 0 Å². The normalized spacial score (nSPS) is 21.5. The van der Waals surface area contributed by atoms with E-state index < -0.39 is 0 Å². The Kier molecular flexibility index (Phi) is 4.09. The Morgan fingerprint density at radius 3 is 2.50 bits per heavy atom. The van der Waals surface area contributed by atoms with Gasteiger partial charge in [-0.1, -0.05) is 25.3 Å². The van der Waals surface area contributed by atoms with Crippen molar-refractivity contribution in [2.75, 3.05) is 6.54 Å². The van der Waals surface area contributed by atoms with Crippen molar-refractivity contribution in [3.05, 3.63) is 27.2 Å². The van der Waals surface area contributed by atoms with Gasteiger partial charge in [0.15, 0.2) is 0 Å². The zero-order valence-electron chi connectivity index (χ0n) is 12.1. The molecule has 20 heavy (non-hydrogen) atoms. The van der Waals surface area contributed by atoms with Crippen LogP contribution in [-0.4, -0.2) is 11.7 Å². The molecule has 0 heterocycles. The molecule has 3 rings (SSSR count). The van der Waals surface area contributed by atoms with Gasteiger partial charge in [-0.05, 0) is 65.6 Å². The van der Waals surface area contributed by atoms with E-state index in [1.54, 1.807) is 0 Å². The van der Waals surface area contributed by atoms with Gasteiger partial charge in [0.2, 0.25) is 0 Å². The molecule has 0 aromatic heterocycles. The summed E-state index contributed by atoms with van der Waals surface area (Å²) in [5.74, 6) is 0.456. The van der Waals surface area contributed by atoms with Gasteiger partial charge in [0, 0.05) is 17.5 Å². The maximum Gasteiger partial charge on any atom is 0.133 e. The molecule has 0 amide bonds. The average Bonchev–Trinajstić information content (AvgIpc) is 2.51. The number of hydrogen-bond donors (Lipinski definition) is 2. The Bertz CT molecular complexity index is 506. The fraction of sp³-hybridized carbons (Fsp3) is 0.647.